The van der Waals surface area contributed by atoms with E-state index in [1.807, 2.05) is 30.3 Å². The lowest BCUT2D eigenvalue weighted by molar-refractivity contribution is 0.288. The third kappa shape index (κ3) is 3.46. The topological polar surface area (TPSA) is 52.9 Å². The van der Waals surface area contributed by atoms with Crippen molar-refractivity contribution in [3.05, 3.63) is 108 Å². The Morgan fingerprint density at radius 3 is 1.97 bits per heavy atom. The molecule has 0 bridgehead atoms. The van der Waals surface area contributed by atoms with Crippen molar-refractivity contribution in [1.29, 1.82) is 0 Å². The molecule has 0 amide bonds. The molecule has 0 unspecified atom stereocenters. The number of hydrogen-bond acceptors (Lipinski definition) is 4. The minimum atomic E-state index is -1.84. The highest BCUT2D eigenvalue weighted by Crippen LogP contribution is 2.50. The van der Waals surface area contributed by atoms with Gasteiger partial charge in [-0.3, -0.25) is 0 Å². The summed E-state index contributed by atoms with van der Waals surface area (Å²) in [5, 5.41) is 18.2. The Hall–Kier alpha value is -3.54. The van der Waals surface area contributed by atoms with Gasteiger partial charge in [0.25, 0.3) is 0 Å². The smallest absolute Gasteiger partial charge is 0.512 e. The molecule has 0 radical (unpaired) electrons. The Morgan fingerprint density at radius 1 is 0.656 bits per heavy atom. The molecule has 0 saturated carbocycles. The fraction of sp³-hybridized carbons (Fsp3) is 0.111. The number of anilines is 3. The lowest BCUT2D eigenvalue weighted by Gasteiger charge is -2.28. The average Bonchev–Trinajstić information content (AvgIpc) is 3.03. The molecule has 1 aliphatic rings. The van der Waals surface area contributed by atoms with Gasteiger partial charge in [-0.15, -0.1) is 0 Å². The molecule has 5 heteroatoms. The van der Waals surface area contributed by atoms with Gasteiger partial charge in [-0.05, 0) is 70.8 Å². The second-order valence-corrected chi connectivity index (χ2v) is 8.51. The molecule has 5 rings (SSSR count). The van der Waals surface area contributed by atoms with Crippen LogP contribution < -0.4 is 9.55 Å². The van der Waals surface area contributed by atoms with Gasteiger partial charge in [0.2, 0.25) is 0 Å². The van der Waals surface area contributed by atoms with Crippen molar-refractivity contribution in [2.45, 2.75) is 19.3 Å². The van der Waals surface area contributed by atoms with Gasteiger partial charge in [-0.2, -0.15) is 0 Å². The van der Waals surface area contributed by atoms with Gasteiger partial charge in [0.05, 0.1) is 0 Å². The molecular weight excluding hydrogens is 397 g/mol. The normalized spacial score (nSPS) is 13.2. The summed E-state index contributed by atoms with van der Waals surface area (Å²) in [5.74, 6) is 0.391. The maximum absolute atomic E-state index is 9.08. The number of benzene rings is 4. The van der Waals surface area contributed by atoms with E-state index >= 15 is 0 Å². The van der Waals surface area contributed by atoms with Gasteiger partial charge < -0.3 is 19.6 Å². The first-order valence-electron chi connectivity index (χ1n) is 10.7. The summed E-state index contributed by atoms with van der Waals surface area (Å²) in [6, 6.07) is 32.8. The second kappa shape index (κ2) is 7.86. The first-order valence-corrected chi connectivity index (χ1v) is 10.7. The summed E-state index contributed by atoms with van der Waals surface area (Å²) >= 11 is 0. The maximum atomic E-state index is 9.08. The molecule has 1 aliphatic carbocycles. The summed E-state index contributed by atoms with van der Waals surface area (Å²) < 4.78 is 4.98. The highest BCUT2D eigenvalue weighted by Gasteiger charge is 2.35. The molecular formula is C27H24BNO3. The van der Waals surface area contributed by atoms with Gasteiger partial charge in [0.15, 0.2) is 0 Å². The number of nitrogens with zero attached hydrogens (tertiary/aromatic N) is 1. The van der Waals surface area contributed by atoms with Crippen LogP contribution in [0.2, 0.25) is 0 Å². The quantitative estimate of drug-likeness (QED) is 0.400. The summed E-state index contributed by atoms with van der Waals surface area (Å²) in [5.41, 5.74) is 8.20. The predicted octanol–water partition coefficient (Wildman–Crippen LogP) is 5.81. The van der Waals surface area contributed by atoms with E-state index in [-0.39, 0.29) is 5.41 Å². The van der Waals surface area contributed by atoms with E-state index in [9.17, 15) is 0 Å². The highest BCUT2D eigenvalue weighted by molar-refractivity contribution is 6.33. The van der Waals surface area contributed by atoms with Crippen molar-refractivity contribution >= 4 is 24.4 Å². The minimum Gasteiger partial charge on any atom is -0.512 e. The third-order valence-corrected chi connectivity index (χ3v) is 6.18. The number of hydrogen-bond donors (Lipinski definition) is 2. The van der Waals surface area contributed by atoms with Gasteiger partial charge in [0.1, 0.15) is 5.75 Å². The molecule has 4 nitrogen and oxygen atoms in total. The van der Waals surface area contributed by atoms with Crippen molar-refractivity contribution in [1.82, 2.24) is 0 Å². The van der Waals surface area contributed by atoms with Crippen molar-refractivity contribution in [2.24, 2.45) is 0 Å². The molecule has 0 saturated heterocycles. The van der Waals surface area contributed by atoms with E-state index in [0.717, 1.165) is 17.1 Å². The number of rotatable bonds is 5. The molecule has 32 heavy (non-hydrogen) atoms. The number of fused-ring (bicyclic) bond motifs is 3. The van der Waals surface area contributed by atoms with E-state index in [1.165, 1.54) is 22.3 Å². The highest BCUT2D eigenvalue weighted by atomic mass is 16.6. The largest absolute Gasteiger partial charge is 0.707 e. The number of para-hydroxylation sites is 1. The summed E-state index contributed by atoms with van der Waals surface area (Å²) in [6.45, 7) is 4.56. The van der Waals surface area contributed by atoms with Crippen LogP contribution in [-0.2, 0) is 5.41 Å². The average molecular weight is 421 g/mol. The Kier molecular flexibility index (Phi) is 5.01. The molecule has 158 valence electrons. The van der Waals surface area contributed by atoms with E-state index in [4.69, 9.17) is 14.7 Å². The fourth-order valence-electron chi connectivity index (χ4n) is 4.65. The summed E-state index contributed by atoms with van der Waals surface area (Å²) in [7, 11) is -1.84. The van der Waals surface area contributed by atoms with Crippen molar-refractivity contribution in [3.63, 3.8) is 0 Å². The summed E-state index contributed by atoms with van der Waals surface area (Å²) in [6.07, 6.45) is 0. The monoisotopic (exact) mass is 421 g/mol. The molecule has 0 spiro atoms. The predicted molar refractivity (Wildman–Crippen MR) is 130 cm³/mol. The Balaban J connectivity index is 1.62. The lowest BCUT2D eigenvalue weighted by atomic mass is 9.82. The molecule has 4 aromatic rings. The van der Waals surface area contributed by atoms with Crippen LogP contribution in [0.1, 0.15) is 25.0 Å². The van der Waals surface area contributed by atoms with Crippen LogP contribution in [-0.4, -0.2) is 17.4 Å². The van der Waals surface area contributed by atoms with Crippen LogP contribution in [0.25, 0.3) is 11.1 Å². The van der Waals surface area contributed by atoms with Crippen LogP contribution in [0.3, 0.4) is 0 Å². The standard InChI is InChI=1S/C27H24BNO3/c1-27(2)25-11-7-6-10-23(25)24-17-14-21(18-26(24)27)29(19-8-4-3-5-9-19)20-12-15-22(16-13-20)32-28(30)31/h3-18,30-31H,1-2H3. The van der Waals surface area contributed by atoms with Gasteiger partial charge in [0, 0.05) is 22.5 Å². The van der Waals surface area contributed by atoms with Crippen LogP contribution in [0, 0.1) is 0 Å². The molecule has 4 aromatic carbocycles. The van der Waals surface area contributed by atoms with E-state index in [2.05, 4.69) is 73.3 Å². The van der Waals surface area contributed by atoms with Crippen molar-refractivity contribution in [3.8, 4) is 16.9 Å². The van der Waals surface area contributed by atoms with Crippen molar-refractivity contribution in [2.75, 3.05) is 4.90 Å². The van der Waals surface area contributed by atoms with Crippen molar-refractivity contribution < 1.29 is 14.7 Å². The molecule has 0 heterocycles. The van der Waals surface area contributed by atoms with Crippen LogP contribution in [0.5, 0.6) is 5.75 Å². The Bertz CT molecular complexity index is 1250. The van der Waals surface area contributed by atoms with Gasteiger partial charge in [-0.25, -0.2) is 0 Å². The SMILES string of the molecule is CC1(C)c2ccccc2-c2ccc(N(c3ccccc3)c3ccc(OB(O)O)cc3)cc21. The van der Waals surface area contributed by atoms with Crippen LogP contribution >= 0.6 is 0 Å². The van der Waals surface area contributed by atoms with E-state index < -0.39 is 7.32 Å². The van der Waals surface area contributed by atoms with Gasteiger partial charge >= 0.3 is 7.32 Å². The van der Waals surface area contributed by atoms with Crippen LogP contribution in [0.15, 0.2) is 97.1 Å². The molecule has 0 fully saturated rings. The third-order valence-electron chi connectivity index (χ3n) is 6.18. The zero-order valence-electron chi connectivity index (χ0n) is 18.1. The molecule has 0 atom stereocenters. The minimum absolute atomic E-state index is 0.0841. The second-order valence-electron chi connectivity index (χ2n) is 8.51. The Labute approximate surface area is 188 Å². The zero-order chi connectivity index (χ0) is 22.3. The first kappa shape index (κ1) is 20.4. The zero-order valence-corrected chi connectivity index (χ0v) is 18.1. The fourth-order valence-corrected chi connectivity index (χ4v) is 4.65. The van der Waals surface area contributed by atoms with E-state index in [1.54, 1.807) is 12.1 Å². The Morgan fingerprint density at radius 2 is 1.25 bits per heavy atom. The summed E-state index contributed by atoms with van der Waals surface area (Å²) in [4.78, 5) is 2.19. The molecule has 0 aliphatic heterocycles. The van der Waals surface area contributed by atoms with E-state index in [0.29, 0.717) is 5.75 Å². The van der Waals surface area contributed by atoms with Gasteiger partial charge in [-0.1, -0.05) is 62.4 Å². The first-order chi connectivity index (χ1) is 15.4. The van der Waals surface area contributed by atoms with Crippen LogP contribution in [0.4, 0.5) is 17.1 Å². The maximum Gasteiger partial charge on any atom is 0.707 e. The lowest BCUT2D eigenvalue weighted by Crippen LogP contribution is -2.20. The molecule has 0 aromatic heterocycles. The molecule has 2 N–H and O–H groups in total.